The van der Waals surface area contributed by atoms with Crippen LogP contribution in [0, 0.1) is 5.92 Å². The molecule has 0 saturated heterocycles. The Hall–Kier alpha value is -0.0800. The molecule has 0 spiro atoms. The van der Waals surface area contributed by atoms with E-state index in [1.54, 1.807) is 0 Å². The van der Waals surface area contributed by atoms with Crippen LogP contribution in [0.4, 0.5) is 0 Å². The third kappa shape index (κ3) is 5.86. The maximum Gasteiger partial charge on any atom is 0.0546 e. The van der Waals surface area contributed by atoms with Crippen molar-refractivity contribution in [3.63, 3.8) is 0 Å². The van der Waals surface area contributed by atoms with Gasteiger partial charge in [0.15, 0.2) is 0 Å². The summed E-state index contributed by atoms with van der Waals surface area (Å²) in [6.07, 6.45) is 10.2. The minimum Gasteiger partial charge on any atom is -0.393 e. The Labute approximate surface area is 101 Å². The molecule has 2 nitrogen and oxygen atoms in total. The van der Waals surface area contributed by atoms with E-state index in [9.17, 15) is 5.11 Å². The largest absolute Gasteiger partial charge is 0.393 e. The molecular weight excluding hydrogens is 198 g/mol. The van der Waals surface area contributed by atoms with Gasteiger partial charge >= 0.3 is 0 Å². The molecule has 1 fully saturated rings. The van der Waals surface area contributed by atoms with Gasteiger partial charge in [-0.05, 0) is 38.6 Å². The predicted octanol–water partition coefficient (Wildman–Crippen LogP) is 3.10. The molecule has 1 aliphatic rings. The monoisotopic (exact) mass is 227 g/mol. The first-order chi connectivity index (χ1) is 7.72. The van der Waals surface area contributed by atoms with E-state index in [2.05, 4.69) is 19.2 Å². The number of aliphatic hydroxyl groups is 1. The molecule has 2 heteroatoms. The smallest absolute Gasteiger partial charge is 0.0546 e. The molecule has 1 aliphatic carbocycles. The summed E-state index contributed by atoms with van der Waals surface area (Å²) in [4.78, 5) is 0. The van der Waals surface area contributed by atoms with E-state index >= 15 is 0 Å². The quantitative estimate of drug-likeness (QED) is 0.593. The molecule has 1 rings (SSSR count). The average molecular weight is 227 g/mol. The van der Waals surface area contributed by atoms with Gasteiger partial charge in [-0.15, -0.1) is 0 Å². The molecule has 0 bridgehead atoms. The highest BCUT2D eigenvalue weighted by molar-refractivity contribution is 4.80. The van der Waals surface area contributed by atoms with Crippen LogP contribution in [0.2, 0.25) is 0 Å². The highest BCUT2D eigenvalue weighted by atomic mass is 16.3. The molecule has 2 N–H and O–H groups in total. The summed E-state index contributed by atoms with van der Waals surface area (Å²) in [6, 6.07) is 0.652. The van der Waals surface area contributed by atoms with Crippen molar-refractivity contribution in [3.8, 4) is 0 Å². The zero-order valence-electron chi connectivity index (χ0n) is 11.0. The van der Waals surface area contributed by atoms with E-state index in [1.807, 2.05) is 0 Å². The molecule has 0 radical (unpaired) electrons. The zero-order valence-corrected chi connectivity index (χ0v) is 11.0. The van der Waals surface area contributed by atoms with Crippen molar-refractivity contribution in [1.82, 2.24) is 5.32 Å². The van der Waals surface area contributed by atoms with E-state index < -0.39 is 0 Å². The minimum absolute atomic E-state index is 0.00356. The van der Waals surface area contributed by atoms with Crippen LogP contribution in [-0.2, 0) is 0 Å². The van der Waals surface area contributed by atoms with E-state index in [0.29, 0.717) is 6.04 Å². The van der Waals surface area contributed by atoms with Crippen LogP contribution in [0.1, 0.15) is 65.2 Å². The Kier molecular flexibility index (Phi) is 7.06. The highest BCUT2D eigenvalue weighted by Crippen LogP contribution is 2.26. The van der Waals surface area contributed by atoms with E-state index in [0.717, 1.165) is 25.3 Å². The van der Waals surface area contributed by atoms with Crippen LogP contribution in [0.3, 0.4) is 0 Å². The van der Waals surface area contributed by atoms with Crippen LogP contribution < -0.4 is 5.32 Å². The minimum atomic E-state index is -0.00356. The molecular formula is C14H29NO. The normalized spacial score (nSPS) is 26.4. The summed E-state index contributed by atoms with van der Waals surface area (Å²) >= 11 is 0. The molecule has 0 heterocycles. The topological polar surface area (TPSA) is 32.3 Å². The second kappa shape index (κ2) is 8.08. The van der Waals surface area contributed by atoms with E-state index in [1.165, 1.54) is 38.5 Å². The molecule has 0 aromatic rings. The van der Waals surface area contributed by atoms with Crippen molar-refractivity contribution < 1.29 is 5.11 Å². The summed E-state index contributed by atoms with van der Waals surface area (Å²) in [5, 5.41) is 12.8. The van der Waals surface area contributed by atoms with Crippen LogP contribution >= 0.6 is 0 Å². The molecule has 0 aromatic carbocycles. The lowest BCUT2D eigenvalue weighted by atomic mass is 9.82. The summed E-state index contributed by atoms with van der Waals surface area (Å²) in [6.45, 7) is 5.65. The summed E-state index contributed by atoms with van der Waals surface area (Å²) in [5.41, 5.74) is 0. The summed E-state index contributed by atoms with van der Waals surface area (Å²) in [5.74, 6) is 0.734. The maximum atomic E-state index is 9.18. The van der Waals surface area contributed by atoms with Crippen LogP contribution in [0.5, 0.6) is 0 Å². The second-order valence-electron chi connectivity index (χ2n) is 5.50. The van der Waals surface area contributed by atoms with E-state index in [-0.39, 0.29) is 6.10 Å². The van der Waals surface area contributed by atoms with Crippen molar-refractivity contribution >= 4 is 0 Å². The van der Waals surface area contributed by atoms with Gasteiger partial charge in [0.05, 0.1) is 6.10 Å². The first-order valence-corrected chi connectivity index (χ1v) is 7.13. The summed E-state index contributed by atoms with van der Waals surface area (Å²) < 4.78 is 0. The van der Waals surface area contributed by atoms with E-state index in [4.69, 9.17) is 0 Å². The number of unbranched alkanes of at least 4 members (excludes halogenated alkanes) is 4. The zero-order chi connectivity index (χ0) is 11.8. The first kappa shape index (κ1) is 14.0. The van der Waals surface area contributed by atoms with Gasteiger partial charge in [-0.3, -0.25) is 0 Å². The summed E-state index contributed by atoms with van der Waals surface area (Å²) in [7, 11) is 0. The standard InChI is InChI=1S/C14H29NO/c1-3-4-5-6-7-8-12(2)15-11-13-9-14(16)10-13/h12-16H,3-11H2,1-2H3. The molecule has 0 aromatic heterocycles. The van der Waals surface area contributed by atoms with Crippen molar-refractivity contribution in [1.29, 1.82) is 0 Å². The lowest BCUT2D eigenvalue weighted by Gasteiger charge is -2.32. The number of hydrogen-bond acceptors (Lipinski definition) is 2. The van der Waals surface area contributed by atoms with Gasteiger partial charge in [-0.1, -0.05) is 39.0 Å². The number of rotatable bonds is 9. The van der Waals surface area contributed by atoms with Crippen LogP contribution in [0.25, 0.3) is 0 Å². The van der Waals surface area contributed by atoms with Crippen LogP contribution in [0.15, 0.2) is 0 Å². The molecule has 1 unspecified atom stereocenters. The maximum absolute atomic E-state index is 9.18. The van der Waals surface area contributed by atoms with Crippen LogP contribution in [-0.4, -0.2) is 23.8 Å². The number of aliphatic hydroxyl groups excluding tert-OH is 1. The Balaban J connectivity index is 1.85. The van der Waals surface area contributed by atoms with Gasteiger partial charge in [0.25, 0.3) is 0 Å². The molecule has 1 atom stereocenters. The predicted molar refractivity (Wildman–Crippen MR) is 69.6 cm³/mol. The Morgan fingerprint density at radius 2 is 1.88 bits per heavy atom. The number of nitrogens with one attached hydrogen (secondary N) is 1. The fourth-order valence-corrected chi connectivity index (χ4v) is 2.39. The molecule has 0 amide bonds. The van der Waals surface area contributed by atoms with Gasteiger partial charge in [-0.2, -0.15) is 0 Å². The lowest BCUT2D eigenvalue weighted by Crippen LogP contribution is -2.39. The van der Waals surface area contributed by atoms with Crippen molar-refractivity contribution in [2.24, 2.45) is 5.92 Å². The molecule has 96 valence electrons. The first-order valence-electron chi connectivity index (χ1n) is 7.13. The van der Waals surface area contributed by atoms with Crippen molar-refractivity contribution in [2.45, 2.75) is 77.4 Å². The Morgan fingerprint density at radius 1 is 1.19 bits per heavy atom. The van der Waals surface area contributed by atoms with Gasteiger partial charge < -0.3 is 10.4 Å². The Morgan fingerprint density at radius 3 is 2.50 bits per heavy atom. The van der Waals surface area contributed by atoms with Crippen molar-refractivity contribution in [3.05, 3.63) is 0 Å². The molecule has 1 saturated carbocycles. The number of hydrogen-bond donors (Lipinski definition) is 2. The van der Waals surface area contributed by atoms with Gasteiger partial charge in [0, 0.05) is 6.04 Å². The van der Waals surface area contributed by atoms with Gasteiger partial charge in [-0.25, -0.2) is 0 Å². The van der Waals surface area contributed by atoms with Gasteiger partial charge in [0.2, 0.25) is 0 Å². The Bertz CT molecular complexity index is 166. The van der Waals surface area contributed by atoms with Crippen molar-refractivity contribution in [2.75, 3.05) is 6.54 Å². The SMILES string of the molecule is CCCCCCCC(C)NCC1CC(O)C1. The fourth-order valence-electron chi connectivity index (χ4n) is 2.39. The highest BCUT2D eigenvalue weighted by Gasteiger charge is 2.26. The van der Waals surface area contributed by atoms with Gasteiger partial charge in [0.1, 0.15) is 0 Å². The third-order valence-corrected chi connectivity index (χ3v) is 3.71. The second-order valence-corrected chi connectivity index (χ2v) is 5.50. The average Bonchev–Trinajstić information content (AvgIpc) is 2.22. The molecule has 16 heavy (non-hydrogen) atoms. The fraction of sp³-hybridized carbons (Fsp3) is 1.00. The molecule has 0 aliphatic heterocycles. The lowest BCUT2D eigenvalue weighted by molar-refractivity contribution is 0.0419. The third-order valence-electron chi connectivity index (χ3n) is 3.71.